The van der Waals surface area contributed by atoms with E-state index in [9.17, 15) is 9.18 Å². The molecule has 0 bridgehead atoms. The molecule has 3 aliphatic rings. The number of methoxy groups -OCH3 is 1. The molecule has 0 unspecified atom stereocenters. The molecule has 3 aliphatic heterocycles. The summed E-state index contributed by atoms with van der Waals surface area (Å²) in [6, 6.07) is 14.6. The number of hydrogen-bond acceptors (Lipinski definition) is 4. The number of carbonyl (C=O) groups is 1. The SMILES string of the molecule is CO[C@]12CCN[C@H]1C[C@H](C(=O)N1CCc3ccccc3[C@@H]1c1ccc(F)cc1)OC2. The van der Waals surface area contributed by atoms with Crippen molar-refractivity contribution >= 4 is 5.91 Å². The van der Waals surface area contributed by atoms with Crippen LogP contribution < -0.4 is 5.32 Å². The van der Waals surface area contributed by atoms with Crippen LogP contribution in [-0.4, -0.2) is 55.4 Å². The molecule has 1 N–H and O–H groups in total. The van der Waals surface area contributed by atoms with Gasteiger partial charge in [0.25, 0.3) is 5.91 Å². The standard InChI is InChI=1S/C24H27FN2O3/c1-29-24-11-12-26-21(24)14-20(30-15-24)23(28)27-13-10-16-4-2-3-5-19(16)22(27)17-6-8-18(25)9-7-17/h2-9,20-22,26H,10-15H2,1H3/t20-,21+,22+,24+/m1/s1. The first-order valence-electron chi connectivity index (χ1n) is 10.7. The zero-order valence-corrected chi connectivity index (χ0v) is 17.1. The van der Waals surface area contributed by atoms with Gasteiger partial charge < -0.3 is 19.7 Å². The average Bonchev–Trinajstić information content (AvgIpc) is 3.22. The number of fused-ring (bicyclic) bond motifs is 2. The molecule has 0 aromatic heterocycles. The van der Waals surface area contributed by atoms with Crippen molar-refractivity contribution in [2.45, 2.75) is 43.1 Å². The molecule has 1 amide bonds. The molecule has 0 spiro atoms. The van der Waals surface area contributed by atoms with E-state index in [4.69, 9.17) is 9.47 Å². The molecule has 158 valence electrons. The monoisotopic (exact) mass is 410 g/mol. The van der Waals surface area contributed by atoms with Gasteiger partial charge in [-0.25, -0.2) is 4.39 Å². The van der Waals surface area contributed by atoms with E-state index < -0.39 is 6.10 Å². The van der Waals surface area contributed by atoms with Crippen LogP contribution in [0.25, 0.3) is 0 Å². The van der Waals surface area contributed by atoms with E-state index in [1.54, 1.807) is 19.2 Å². The van der Waals surface area contributed by atoms with Crippen LogP contribution in [0.5, 0.6) is 0 Å². The van der Waals surface area contributed by atoms with Crippen LogP contribution in [0.3, 0.4) is 0 Å². The van der Waals surface area contributed by atoms with E-state index in [1.165, 1.54) is 17.7 Å². The predicted molar refractivity (Wildman–Crippen MR) is 111 cm³/mol. The summed E-state index contributed by atoms with van der Waals surface area (Å²) in [5, 5.41) is 3.49. The van der Waals surface area contributed by atoms with Gasteiger partial charge in [0.05, 0.1) is 12.6 Å². The summed E-state index contributed by atoms with van der Waals surface area (Å²) >= 11 is 0. The second-order valence-electron chi connectivity index (χ2n) is 8.50. The first kappa shape index (κ1) is 19.7. The van der Waals surface area contributed by atoms with Crippen LogP contribution in [-0.2, 0) is 20.7 Å². The molecule has 30 heavy (non-hydrogen) atoms. The van der Waals surface area contributed by atoms with Crippen molar-refractivity contribution < 1.29 is 18.7 Å². The largest absolute Gasteiger partial charge is 0.374 e. The highest BCUT2D eigenvalue weighted by Gasteiger charge is 2.50. The van der Waals surface area contributed by atoms with Gasteiger partial charge in [0, 0.05) is 26.1 Å². The lowest BCUT2D eigenvalue weighted by atomic mass is 9.85. The van der Waals surface area contributed by atoms with Crippen LogP contribution in [0.2, 0.25) is 0 Å². The fourth-order valence-corrected chi connectivity index (χ4v) is 5.28. The first-order valence-corrected chi connectivity index (χ1v) is 10.7. The van der Waals surface area contributed by atoms with Crippen molar-refractivity contribution in [2.24, 2.45) is 0 Å². The first-order chi connectivity index (χ1) is 14.6. The molecule has 3 heterocycles. The van der Waals surface area contributed by atoms with Crippen molar-refractivity contribution in [3.63, 3.8) is 0 Å². The minimum Gasteiger partial charge on any atom is -0.374 e. The topological polar surface area (TPSA) is 50.8 Å². The molecular weight excluding hydrogens is 383 g/mol. The normalized spacial score (nSPS) is 30.6. The highest BCUT2D eigenvalue weighted by Crippen LogP contribution is 2.38. The summed E-state index contributed by atoms with van der Waals surface area (Å²) in [4.78, 5) is 15.6. The van der Waals surface area contributed by atoms with Crippen molar-refractivity contribution in [3.8, 4) is 0 Å². The van der Waals surface area contributed by atoms with Crippen molar-refractivity contribution in [1.82, 2.24) is 10.2 Å². The van der Waals surface area contributed by atoms with Gasteiger partial charge >= 0.3 is 0 Å². The van der Waals surface area contributed by atoms with Gasteiger partial charge in [-0.15, -0.1) is 0 Å². The molecule has 2 fully saturated rings. The van der Waals surface area contributed by atoms with Gasteiger partial charge in [-0.3, -0.25) is 4.79 Å². The van der Waals surface area contributed by atoms with Crippen LogP contribution in [0.15, 0.2) is 48.5 Å². The molecule has 5 nitrogen and oxygen atoms in total. The molecule has 5 rings (SSSR count). The van der Waals surface area contributed by atoms with E-state index >= 15 is 0 Å². The van der Waals surface area contributed by atoms with Gasteiger partial charge in [-0.05, 0) is 48.2 Å². The van der Waals surface area contributed by atoms with Gasteiger partial charge in [0.15, 0.2) is 0 Å². The number of ether oxygens (including phenoxy) is 2. The van der Waals surface area contributed by atoms with E-state index in [0.29, 0.717) is 19.6 Å². The smallest absolute Gasteiger partial charge is 0.252 e. The van der Waals surface area contributed by atoms with Crippen LogP contribution >= 0.6 is 0 Å². The lowest BCUT2D eigenvalue weighted by Gasteiger charge is -2.44. The number of nitrogens with one attached hydrogen (secondary N) is 1. The second-order valence-corrected chi connectivity index (χ2v) is 8.50. The Balaban J connectivity index is 1.45. The Kier molecular flexibility index (Phi) is 5.09. The molecular formula is C24H27FN2O3. The second kappa shape index (κ2) is 7.76. The average molecular weight is 410 g/mol. The number of carbonyl (C=O) groups excluding carboxylic acids is 1. The van der Waals surface area contributed by atoms with E-state index in [-0.39, 0.29) is 29.4 Å². The lowest BCUT2D eigenvalue weighted by molar-refractivity contribution is -0.170. The molecule has 2 aromatic carbocycles. The number of hydrogen-bond donors (Lipinski definition) is 1. The number of benzene rings is 2. The highest BCUT2D eigenvalue weighted by atomic mass is 19.1. The number of amides is 1. The van der Waals surface area contributed by atoms with Crippen molar-refractivity contribution in [1.29, 1.82) is 0 Å². The van der Waals surface area contributed by atoms with E-state index in [1.807, 2.05) is 17.0 Å². The minimum atomic E-state index is -0.503. The summed E-state index contributed by atoms with van der Waals surface area (Å²) in [7, 11) is 1.72. The lowest BCUT2D eigenvalue weighted by Crippen LogP contribution is -2.58. The van der Waals surface area contributed by atoms with Gasteiger partial charge in [0.1, 0.15) is 17.5 Å². The van der Waals surface area contributed by atoms with E-state index in [2.05, 4.69) is 17.4 Å². The van der Waals surface area contributed by atoms with Gasteiger partial charge in [-0.2, -0.15) is 0 Å². The minimum absolute atomic E-state index is 0.00256. The summed E-state index contributed by atoms with van der Waals surface area (Å²) in [6.07, 6.45) is 1.79. The maximum absolute atomic E-state index is 13.7. The molecule has 6 heteroatoms. The molecule has 0 radical (unpaired) electrons. The molecule has 0 saturated carbocycles. The predicted octanol–water partition coefficient (Wildman–Crippen LogP) is 2.84. The summed E-state index contributed by atoms with van der Waals surface area (Å²) in [6.45, 7) is 1.91. The van der Waals surface area contributed by atoms with Gasteiger partial charge in [-0.1, -0.05) is 36.4 Å². The Bertz CT molecular complexity index is 934. The summed E-state index contributed by atoms with van der Waals surface area (Å²) in [5.74, 6) is -0.281. The van der Waals surface area contributed by atoms with E-state index in [0.717, 1.165) is 30.5 Å². The maximum Gasteiger partial charge on any atom is 0.252 e. The number of rotatable bonds is 3. The highest BCUT2D eigenvalue weighted by molar-refractivity contribution is 5.82. The zero-order chi connectivity index (χ0) is 20.7. The molecule has 2 aromatic rings. The Labute approximate surface area is 176 Å². The van der Waals surface area contributed by atoms with Crippen LogP contribution in [0.1, 0.15) is 35.6 Å². The quantitative estimate of drug-likeness (QED) is 0.846. The van der Waals surface area contributed by atoms with Gasteiger partial charge in [0.2, 0.25) is 0 Å². The number of nitrogens with zero attached hydrogens (tertiary/aromatic N) is 1. The maximum atomic E-state index is 13.7. The van der Waals surface area contributed by atoms with Crippen LogP contribution in [0, 0.1) is 5.82 Å². The number of halogens is 1. The zero-order valence-electron chi connectivity index (χ0n) is 17.1. The Hall–Kier alpha value is -2.28. The molecule has 4 atom stereocenters. The van der Waals surface area contributed by atoms with Crippen LogP contribution in [0.4, 0.5) is 4.39 Å². The Morgan fingerprint density at radius 3 is 2.83 bits per heavy atom. The fraction of sp³-hybridized carbons (Fsp3) is 0.458. The summed E-state index contributed by atoms with van der Waals surface area (Å²) in [5.41, 5.74) is 2.92. The van der Waals surface area contributed by atoms with Crippen molar-refractivity contribution in [2.75, 3.05) is 26.8 Å². The third-order valence-corrected chi connectivity index (χ3v) is 6.99. The molecule has 0 aliphatic carbocycles. The molecule has 2 saturated heterocycles. The summed E-state index contributed by atoms with van der Waals surface area (Å²) < 4.78 is 25.4. The third-order valence-electron chi connectivity index (χ3n) is 6.99. The Morgan fingerprint density at radius 1 is 1.23 bits per heavy atom. The fourth-order valence-electron chi connectivity index (χ4n) is 5.28. The third kappa shape index (κ3) is 3.23. The Morgan fingerprint density at radius 2 is 2.03 bits per heavy atom. The van der Waals surface area contributed by atoms with Crippen molar-refractivity contribution in [3.05, 3.63) is 71.0 Å².